The molecule has 0 saturated heterocycles. The quantitative estimate of drug-likeness (QED) is 0.768. The number of hydrogen-bond acceptors (Lipinski definition) is 1. The fraction of sp³-hybridized carbons (Fsp3) is 0. The number of carbonyl (C=O) groups is 1. The van der Waals surface area contributed by atoms with Crippen molar-refractivity contribution in [1.29, 1.82) is 0 Å². The Morgan fingerprint density at radius 2 is 1.60 bits per heavy atom. The molecule has 0 aliphatic heterocycles. The fourth-order valence-electron chi connectivity index (χ4n) is 1.32. The molecule has 0 unspecified atom stereocenters. The maximum absolute atomic E-state index is 10.6. The third-order valence-electron chi connectivity index (χ3n) is 2.00. The van der Waals surface area contributed by atoms with Crippen LogP contribution in [0.25, 0.3) is 10.8 Å². The van der Waals surface area contributed by atoms with Crippen LogP contribution in [0.1, 0.15) is 10.4 Å². The van der Waals surface area contributed by atoms with E-state index in [-0.39, 0.29) is 27.2 Å². The average Bonchev–Trinajstić information content (AvgIpc) is 2.17. The van der Waals surface area contributed by atoms with Gasteiger partial charge in [0, 0.05) is 21.7 Å². The number of aromatic carboxylic acids is 1. The summed E-state index contributed by atoms with van der Waals surface area (Å²) < 4.78 is 0. The van der Waals surface area contributed by atoms with Gasteiger partial charge in [-0.3, -0.25) is 0 Å². The molecule has 3 nitrogen and oxygen atoms in total. The van der Waals surface area contributed by atoms with E-state index >= 15 is 0 Å². The van der Waals surface area contributed by atoms with Crippen LogP contribution in [0.3, 0.4) is 0 Å². The van der Waals surface area contributed by atoms with E-state index in [4.69, 9.17) is 5.11 Å². The van der Waals surface area contributed by atoms with E-state index in [0.717, 1.165) is 10.8 Å². The summed E-state index contributed by atoms with van der Waals surface area (Å²) in [7, 11) is 0. The first-order valence-corrected chi connectivity index (χ1v) is 3.99. The van der Waals surface area contributed by atoms with Crippen LogP contribution in [0.4, 0.5) is 0 Å². The van der Waals surface area contributed by atoms with E-state index < -0.39 is 5.97 Å². The van der Waals surface area contributed by atoms with Crippen LogP contribution in [0.5, 0.6) is 0 Å². The molecule has 0 spiro atoms. The van der Waals surface area contributed by atoms with Crippen LogP contribution in [0.2, 0.25) is 0 Å². The van der Waals surface area contributed by atoms with Crippen molar-refractivity contribution in [2.75, 3.05) is 0 Å². The maximum atomic E-state index is 10.6. The average molecular weight is 238 g/mol. The summed E-state index contributed by atoms with van der Waals surface area (Å²) in [6.45, 7) is 0. The Kier molecular flexibility index (Phi) is 5.22. The standard InChI is InChI=1S/C11H8O2.H2O.Ti/c12-11(13)10-6-5-8-3-1-2-4-9(8)7-10;;/h1-7H,(H,12,13);1H2;. The van der Waals surface area contributed by atoms with Gasteiger partial charge in [-0.25, -0.2) is 4.79 Å². The normalized spacial score (nSPS) is 8.80. The molecule has 0 aromatic heterocycles. The largest absolute Gasteiger partial charge is 0.478 e. The molecule has 0 bridgehead atoms. The predicted octanol–water partition coefficient (Wildman–Crippen LogP) is 1.71. The number of benzene rings is 2. The van der Waals surface area contributed by atoms with Crippen molar-refractivity contribution in [2.45, 2.75) is 0 Å². The van der Waals surface area contributed by atoms with Crippen molar-refractivity contribution in [3.05, 3.63) is 48.0 Å². The van der Waals surface area contributed by atoms with Gasteiger partial charge < -0.3 is 10.6 Å². The summed E-state index contributed by atoms with van der Waals surface area (Å²) in [6.07, 6.45) is 0. The van der Waals surface area contributed by atoms with Crippen LogP contribution in [0.15, 0.2) is 42.5 Å². The van der Waals surface area contributed by atoms with E-state index in [1.54, 1.807) is 12.1 Å². The molecule has 4 heteroatoms. The van der Waals surface area contributed by atoms with E-state index in [2.05, 4.69) is 0 Å². The van der Waals surface area contributed by atoms with Crippen LogP contribution >= 0.6 is 0 Å². The van der Waals surface area contributed by atoms with Crippen LogP contribution in [-0.2, 0) is 21.7 Å². The molecule has 0 atom stereocenters. The second kappa shape index (κ2) is 5.66. The van der Waals surface area contributed by atoms with Gasteiger partial charge in [0.15, 0.2) is 0 Å². The Balaban J connectivity index is 0.000000980. The van der Waals surface area contributed by atoms with Gasteiger partial charge in [-0.2, -0.15) is 0 Å². The minimum Gasteiger partial charge on any atom is -0.478 e. The molecule has 0 heterocycles. The Morgan fingerprint density at radius 3 is 2.20 bits per heavy atom. The Hall–Kier alpha value is -1.16. The SMILES string of the molecule is O.O=C(O)c1ccc2ccccc2c1.[Ti]. The Labute approximate surface area is 102 Å². The van der Waals surface area contributed by atoms with Crippen molar-refractivity contribution in [1.82, 2.24) is 0 Å². The second-order valence-corrected chi connectivity index (χ2v) is 2.87. The van der Waals surface area contributed by atoms with Crippen molar-refractivity contribution in [3.63, 3.8) is 0 Å². The number of fused-ring (bicyclic) bond motifs is 1. The summed E-state index contributed by atoms with van der Waals surface area (Å²) in [5, 5.41) is 10.8. The fourth-order valence-corrected chi connectivity index (χ4v) is 1.32. The minimum absolute atomic E-state index is 0. The third-order valence-corrected chi connectivity index (χ3v) is 2.00. The zero-order chi connectivity index (χ0) is 9.26. The molecule has 0 fully saturated rings. The van der Waals surface area contributed by atoms with E-state index in [0.29, 0.717) is 5.56 Å². The van der Waals surface area contributed by atoms with Crippen LogP contribution in [0, 0.1) is 0 Å². The van der Waals surface area contributed by atoms with Crippen molar-refractivity contribution >= 4 is 16.7 Å². The topological polar surface area (TPSA) is 68.8 Å². The zero-order valence-electron chi connectivity index (χ0n) is 7.90. The van der Waals surface area contributed by atoms with Crippen molar-refractivity contribution < 1.29 is 37.1 Å². The number of hydrogen-bond donors (Lipinski definition) is 1. The first-order valence-electron chi connectivity index (χ1n) is 3.99. The predicted molar refractivity (Wildman–Crippen MR) is 54.5 cm³/mol. The monoisotopic (exact) mass is 238 g/mol. The second-order valence-electron chi connectivity index (χ2n) is 2.87. The van der Waals surface area contributed by atoms with Crippen LogP contribution < -0.4 is 0 Å². The van der Waals surface area contributed by atoms with Crippen molar-refractivity contribution in [3.8, 4) is 0 Å². The number of carboxylic acid groups (broad SMARTS) is 1. The molecule has 15 heavy (non-hydrogen) atoms. The van der Waals surface area contributed by atoms with Crippen molar-refractivity contribution in [2.24, 2.45) is 0 Å². The summed E-state index contributed by atoms with van der Waals surface area (Å²) in [5.41, 5.74) is 0.332. The molecule has 0 aliphatic carbocycles. The Morgan fingerprint density at radius 1 is 1.00 bits per heavy atom. The first kappa shape index (κ1) is 13.8. The van der Waals surface area contributed by atoms with Gasteiger partial charge in [0.05, 0.1) is 5.56 Å². The van der Waals surface area contributed by atoms with Gasteiger partial charge in [0.25, 0.3) is 0 Å². The third kappa shape index (κ3) is 2.89. The summed E-state index contributed by atoms with van der Waals surface area (Å²) in [4.78, 5) is 10.6. The molecular weight excluding hydrogens is 228 g/mol. The molecule has 3 N–H and O–H groups in total. The smallest absolute Gasteiger partial charge is 0.335 e. The zero-order valence-corrected chi connectivity index (χ0v) is 9.46. The molecule has 0 saturated carbocycles. The molecule has 2 aromatic carbocycles. The maximum Gasteiger partial charge on any atom is 0.335 e. The Bertz CT molecular complexity index is 468. The van der Waals surface area contributed by atoms with E-state index in [1.165, 1.54) is 0 Å². The summed E-state index contributed by atoms with van der Waals surface area (Å²) in [6, 6.07) is 12.8. The van der Waals surface area contributed by atoms with Gasteiger partial charge in [0.2, 0.25) is 0 Å². The summed E-state index contributed by atoms with van der Waals surface area (Å²) >= 11 is 0. The molecular formula is C11H10O3Ti. The van der Waals surface area contributed by atoms with Gasteiger partial charge >= 0.3 is 5.97 Å². The molecule has 2 rings (SSSR count). The number of carboxylic acids is 1. The molecule has 0 aliphatic rings. The first-order chi connectivity index (χ1) is 6.27. The molecule has 0 radical (unpaired) electrons. The minimum atomic E-state index is -0.884. The molecule has 2 aromatic rings. The molecule has 76 valence electrons. The summed E-state index contributed by atoms with van der Waals surface area (Å²) in [5.74, 6) is -0.884. The van der Waals surface area contributed by atoms with Gasteiger partial charge in [-0.1, -0.05) is 30.3 Å². The van der Waals surface area contributed by atoms with Gasteiger partial charge in [0.1, 0.15) is 0 Å². The van der Waals surface area contributed by atoms with Gasteiger partial charge in [-0.15, -0.1) is 0 Å². The van der Waals surface area contributed by atoms with Crippen LogP contribution in [-0.4, -0.2) is 16.6 Å². The number of rotatable bonds is 1. The van der Waals surface area contributed by atoms with E-state index in [1.807, 2.05) is 30.3 Å². The van der Waals surface area contributed by atoms with E-state index in [9.17, 15) is 4.79 Å². The molecule has 0 amide bonds. The van der Waals surface area contributed by atoms with Gasteiger partial charge in [-0.05, 0) is 22.9 Å².